The summed E-state index contributed by atoms with van der Waals surface area (Å²) in [5.41, 5.74) is 7.08. The van der Waals surface area contributed by atoms with Crippen molar-refractivity contribution in [3.8, 4) is 0 Å². The van der Waals surface area contributed by atoms with E-state index in [-0.39, 0.29) is 22.5 Å². The summed E-state index contributed by atoms with van der Waals surface area (Å²) < 4.78 is 0. The summed E-state index contributed by atoms with van der Waals surface area (Å²) >= 11 is 0. The Morgan fingerprint density at radius 2 is 1.67 bits per heavy atom. The summed E-state index contributed by atoms with van der Waals surface area (Å²) in [6.45, 7) is 4.08. The molecule has 0 spiro atoms. The van der Waals surface area contributed by atoms with Crippen molar-refractivity contribution in [1.82, 2.24) is 0 Å². The molecular formula is C10H16BrN. The molecule has 2 heteroatoms. The van der Waals surface area contributed by atoms with Gasteiger partial charge < -0.3 is 5.73 Å². The average molecular weight is 230 g/mol. The van der Waals surface area contributed by atoms with E-state index in [0.29, 0.717) is 0 Å². The first kappa shape index (κ1) is 11.7. The van der Waals surface area contributed by atoms with Crippen LogP contribution in [0.1, 0.15) is 19.4 Å². The highest BCUT2D eigenvalue weighted by Gasteiger charge is 2.10. The standard InChI is InChI=1S/C10H15N.BrH/c1-10(2,11)8-9-6-4-3-5-7-9;/h3-7H,8,11H2,1-2H3;1H. The van der Waals surface area contributed by atoms with Crippen LogP contribution < -0.4 is 5.73 Å². The van der Waals surface area contributed by atoms with Crippen molar-refractivity contribution in [2.45, 2.75) is 25.8 Å². The van der Waals surface area contributed by atoms with Gasteiger partial charge in [-0.05, 0) is 25.8 Å². The normalized spacial score (nSPS) is 10.6. The number of hydrogen-bond donors (Lipinski definition) is 1. The van der Waals surface area contributed by atoms with Crippen LogP contribution in [0.2, 0.25) is 0 Å². The van der Waals surface area contributed by atoms with E-state index in [4.69, 9.17) is 5.73 Å². The highest BCUT2D eigenvalue weighted by molar-refractivity contribution is 8.93. The molecule has 2 N–H and O–H groups in total. The maximum absolute atomic E-state index is 5.87. The molecule has 0 aromatic heterocycles. The van der Waals surface area contributed by atoms with Gasteiger partial charge in [0.2, 0.25) is 0 Å². The zero-order chi connectivity index (χ0) is 8.32. The molecule has 12 heavy (non-hydrogen) atoms. The number of benzene rings is 1. The van der Waals surface area contributed by atoms with Crippen LogP contribution >= 0.6 is 17.0 Å². The van der Waals surface area contributed by atoms with E-state index in [1.807, 2.05) is 32.0 Å². The summed E-state index contributed by atoms with van der Waals surface area (Å²) in [6, 6.07) is 10.3. The van der Waals surface area contributed by atoms with Gasteiger partial charge in [-0.25, -0.2) is 0 Å². The third-order valence-electron chi connectivity index (χ3n) is 1.50. The van der Waals surface area contributed by atoms with Gasteiger partial charge in [-0.15, -0.1) is 17.0 Å². The highest BCUT2D eigenvalue weighted by atomic mass is 79.9. The van der Waals surface area contributed by atoms with Gasteiger partial charge in [0.25, 0.3) is 0 Å². The van der Waals surface area contributed by atoms with Crippen molar-refractivity contribution in [2.75, 3.05) is 0 Å². The predicted molar refractivity (Wildman–Crippen MR) is 58.7 cm³/mol. The lowest BCUT2D eigenvalue weighted by atomic mass is 9.96. The van der Waals surface area contributed by atoms with Gasteiger partial charge in [0.15, 0.2) is 0 Å². The molecule has 1 aromatic carbocycles. The minimum atomic E-state index is -0.0959. The number of hydrogen-bond acceptors (Lipinski definition) is 1. The molecule has 0 saturated carbocycles. The number of rotatable bonds is 2. The van der Waals surface area contributed by atoms with E-state index in [9.17, 15) is 0 Å². The maximum atomic E-state index is 5.87. The van der Waals surface area contributed by atoms with Crippen LogP contribution in [0, 0.1) is 0 Å². The van der Waals surface area contributed by atoms with Gasteiger partial charge in [-0.2, -0.15) is 0 Å². The first-order valence-electron chi connectivity index (χ1n) is 3.91. The van der Waals surface area contributed by atoms with Crippen molar-refractivity contribution >= 4 is 17.0 Å². The molecule has 0 heterocycles. The summed E-state index contributed by atoms with van der Waals surface area (Å²) in [7, 11) is 0. The Morgan fingerprint density at radius 1 is 1.17 bits per heavy atom. The fraction of sp³-hybridized carbons (Fsp3) is 0.400. The monoisotopic (exact) mass is 229 g/mol. The minimum absolute atomic E-state index is 0. The molecule has 0 radical (unpaired) electrons. The summed E-state index contributed by atoms with van der Waals surface area (Å²) in [5.74, 6) is 0. The second kappa shape index (κ2) is 4.63. The van der Waals surface area contributed by atoms with Gasteiger partial charge in [0, 0.05) is 5.54 Å². The summed E-state index contributed by atoms with van der Waals surface area (Å²) in [4.78, 5) is 0. The van der Waals surface area contributed by atoms with E-state index in [1.165, 1.54) is 5.56 Å². The lowest BCUT2D eigenvalue weighted by Gasteiger charge is -2.17. The molecule has 0 atom stereocenters. The molecule has 0 fully saturated rings. The second-order valence-corrected chi connectivity index (χ2v) is 3.65. The molecule has 0 aliphatic carbocycles. The first-order chi connectivity index (χ1) is 5.08. The van der Waals surface area contributed by atoms with Crippen LogP contribution in [0.4, 0.5) is 0 Å². The fourth-order valence-corrected chi connectivity index (χ4v) is 1.12. The molecule has 1 nitrogen and oxygen atoms in total. The van der Waals surface area contributed by atoms with Crippen molar-refractivity contribution in [3.63, 3.8) is 0 Å². The van der Waals surface area contributed by atoms with Crippen molar-refractivity contribution < 1.29 is 0 Å². The van der Waals surface area contributed by atoms with Crippen LogP contribution in [-0.2, 0) is 6.42 Å². The number of halogens is 1. The van der Waals surface area contributed by atoms with Gasteiger partial charge in [0.05, 0.1) is 0 Å². The quantitative estimate of drug-likeness (QED) is 0.830. The van der Waals surface area contributed by atoms with Crippen molar-refractivity contribution in [1.29, 1.82) is 0 Å². The molecule has 0 bridgehead atoms. The van der Waals surface area contributed by atoms with Crippen LogP contribution in [0.3, 0.4) is 0 Å². The molecule has 0 unspecified atom stereocenters. The van der Waals surface area contributed by atoms with E-state index >= 15 is 0 Å². The van der Waals surface area contributed by atoms with Crippen LogP contribution in [0.25, 0.3) is 0 Å². The smallest absolute Gasteiger partial charge is 0.0138 e. The van der Waals surface area contributed by atoms with E-state index < -0.39 is 0 Å². The lowest BCUT2D eigenvalue weighted by Crippen LogP contribution is -2.34. The molecular weight excluding hydrogens is 214 g/mol. The van der Waals surface area contributed by atoms with Crippen molar-refractivity contribution in [2.24, 2.45) is 5.73 Å². The lowest BCUT2D eigenvalue weighted by molar-refractivity contribution is 0.517. The summed E-state index contributed by atoms with van der Waals surface area (Å²) in [6.07, 6.45) is 0.938. The Kier molecular flexibility index (Phi) is 4.50. The molecule has 0 saturated heterocycles. The van der Waals surface area contributed by atoms with Crippen LogP contribution in [0.15, 0.2) is 30.3 Å². The van der Waals surface area contributed by atoms with Gasteiger partial charge in [-0.3, -0.25) is 0 Å². The van der Waals surface area contributed by atoms with E-state index in [0.717, 1.165) is 6.42 Å². The van der Waals surface area contributed by atoms with Crippen LogP contribution in [0.5, 0.6) is 0 Å². The Balaban J connectivity index is 0.00000121. The van der Waals surface area contributed by atoms with Gasteiger partial charge >= 0.3 is 0 Å². The summed E-state index contributed by atoms with van der Waals surface area (Å²) in [5, 5.41) is 0. The molecule has 0 amide bonds. The third kappa shape index (κ3) is 4.52. The largest absolute Gasteiger partial charge is 0.325 e. The second-order valence-electron chi connectivity index (χ2n) is 3.65. The van der Waals surface area contributed by atoms with Crippen LogP contribution in [-0.4, -0.2) is 5.54 Å². The average Bonchev–Trinajstić information content (AvgIpc) is 1.85. The zero-order valence-electron chi connectivity index (χ0n) is 7.58. The molecule has 1 aromatic rings. The topological polar surface area (TPSA) is 26.0 Å². The molecule has 1 rings (SSSR count). The fourth-order valence-electron chi connectivity index (χ4n) is 1.12. The molecule has 0 aliphatic heterocycles. The molecule has 68 valence electrons. The Morgan fingerprint density at radius 3 is 2.08 bits per heavy atom. The third-order valence-corrected chi connectivity index (χ3v) is 1.50. The Hall–Kier alpha value is -0.340. The number of nitrogens with two attached hydrogens (primary N) is 1. The Labute approximate surface area is 84.7 Å². The maximum Gasteiger partial charge on any atom is 0.0138 e. The minimum Gasteiger partial charge on any atom is -0.325 e. The Bertz CT molecular complexity index is 213. The van der Waals surface area contributed by atoms with E-state index in [1.54, 1.807) is 0 Å². The molecule has 0 aliphatic rings. The van der Waals surface area contributed by atoms with E-state index in [2.05, 4.69) is 12.1 Å². The predicted octanol–water partition coefficient (Wildman–Crippen LogP) is 2.54. The van der Waals surface area contributed by atoms with Crippen molar-refractivity contribution in [3.05, 3.63) is 35.9 Å². The highest BCUT2D eigenvalue weighted by Crippen LogP contribution is 2.08. The van der Waals surface area contributed by atoms with Gasteiger partial charge in [-0.1, -0.05) is 30.3 Å². The first-order valence-corrected chi connectivity index (χ1v) is 3.91. The SMILES string of the molecule is Br.CC(C)(N)Cc1ccccc1. The zero-order valence-corrected chi connectivity index (χ0v) is 9.29. The van der Waals surface area contributed by atoms with Gasteiger partial charge in [0.1, 0.15) is 0 Å².